The fraction of sp³-hybridized carbons (Fsp3) is 0.412. The van der Waals surface area contributed by atoms with Gasteiger partial charge in [0.05, 0.1) is 13.2 Å². The van der Waals surface area contributed by atoms with Crippen LogP contribution in [0.25, 0.3) is 0 Å². The van der Waals surface area contributed by atoms with Crippen LogP contribution in [0.15, 0.2) is 42.5 Å². The molecule has 0 aliphatic heterocycles. The third kappa shape index (κ3) is 8.63. The Morgan fingerprint density at radius 3 is 2.29 bits per heavy atom. The van der Waals surface area contributed by atoms with Crippen molar-refractivity contribution in [1.29, 1.82) is 0 Å². The van der Waals surface area contributed by atoms with Crippen LogP contribution in [0.4, 0.5) is 0 Å². The van der Waals surface area contributed by atoms with Gasteiger partial charge in [-0.1, -0.05) is 44.2 Å². The van der Waals surface area contributed by atoms with Crippen molar-refractivity contribution in [3.05, 3.63) is 48.0 Å². The van der Waals surface area contributed by atoms with Crippen molar-refractivity contribution >= 4 is 11.9 Å². The Morgan fingerprint density at radius 1 is 1.05 bits per heavy atom. The molecule has 0 N–H and O–H groups in total. The highest BCUT2D eigenvalue weighted by atomic mass is 16.5. The molecule has 0 fully saturated rings. The Bertz CT molecular complexity index is 463. The van der Waals surface area contributed by atoms with Crippen molar-refractivity contribution in [3.8, 4) is 0 Å². The van der Waals surface area contributed by atoms with Crippen LogP contribution in [0.3, 0.4) is 0 Å². The average Bonchev–Trinajstić information content (AvgIpc) is 2.48. The third-order valence-electron chi connectivity index (χ3n) is 2.61. The summed E-state index contributed by atoms with van der Waals surface area (Å²) in [5.74, 6) is -0.776. The monoisotopic (exact) mass is 290 g/mol. The van der Waals surface area contributed by atoms with E-state index in [1.54, 1.807) is 0 Å². The molecule has 0 saturated carbocycles. The summed E-state index contributed by atoms with van der Waals surface area (Å²) in [4.78, 5) is 22.6. The Kier molecular flexibility index (Phi) is 7.87. The lowest BCUT2D eigenvalue weighted by Gasteiger charge is -2.04. The number of benzene rings is 1. The van der Waals surface area contributed by atoms with Crippen LogP contribution in [0.1, 0.15) is 25.8 Å². The van der Waals surface area contributed by atoms with Gasteiger partial charge in [0.1, 0.15) is 0 Å². The molecule has 0 bridgehead atoms. The van der Waals surface area contributed by atoms with Gasteiger partial charge >= 0.3 is 11.9 Å². The van der Waals surface area contributed by atoms with Crippen LogP contribution < -0.4 is 0 Å². The Balaban J connectivity index is 2.14. The molecule has 0 atom stereocenters. The van der Waals surface area contributed by atoms with Gasteiger partial charge in [-0.3, -0.25) is 0 Å². The Morgan fingerprint density at radius 2 is 1.67 bits per heavy atom. The lowest BCUT2D eigenvalue weighted by molar-refractivity contribution is -0.141. The minimum absolute atomic E-state index is 0.271. The summed E-state index contributed by atoms with van der Waals surface area (Å²) in [6.45, 7) is 4.56. The normalized spacial score (nSPS) is 10.8. The molecule has 1 aromatic rings. The maximum Gasteiger partial charge on any atom is 0.331 e. The molecule has 0 unspecified atom stereocenters. The van der Waals surface area contributed by atoms with Crippen molar-refractivity contribution < 1.29 is 19.1 Å². The first-order valence-corrected chi connectivity index (χ1v) is 7.13. The Hall–Kier alpha value is -2.10. The molecule has 4 nitrogen and oxygen atoms in total. The SMILES string of the molecule is CC(C)COC(=O)/C=C/C(=O)OCCCc1ccccc1. The van der Waals surface area contributed by atoms with Gasteiger partial charge < -0.3 is 9.47 Å². The number of esters is 2. The topological polar surface area (TPSA) is 52.6 Å². The number of carbonyl (C=O) groups excluding carboxylic acids is 2. The van der Waals surface area contributed by atoms with E-state index in [1.165, 1.54) is 5.56 Å². The molecule has 4 heteroatoms. The first-order chi connectivity index (χ1) is 10.1. The van der Waals surface area contributed by atoms with Crippen molar-refractivity contribution in [1.82, 2.24) is 0 Å². The molecule has 0 heterocycles. The van der Waals surface area contributed by atoms with Crippen LogP contribution in [0.5, 0.6) is 0 Å². The smallest absolute Gasteiger partial charge is 0.331 e. The van der Waals surface area contributed by atoms with E-state index in [0.717, 1.165) is 25.0 Å². The van der Waals surface area contributed by atoms with Crippen molar-refractivity contribution in [2.75, 3.05) is 13.2 Å². The molecule has 1 rings (SSSR count). The minimum Gasteiger partial charge on any atom is -0.463 e. The van der Waals surface area contributed by atoms with Gasteiger partial charge in [-0.2, -0.15) is 0 Å². The first-order valence-electron chi connectivity index (χ1n) is 7.13. The molecular weight excluding hydrogens is 268 g/mol. The summed E-state index contributed by atoms with van der Waals surface area (Å²) in [6, 6.07) is 9.99. The van der Waals surface area contributed by atoms with E-state index in [2.05, 4.69) is 0 Å². The Labute approximate surface area is 125 Å². The fourth-order valence-electron chi connectivity index (χ4n) is 1.57. The number of hydrogen-bond acceptors (Lipinski definition) is 4. The van der Waals surface area contributed by atoms with E-state index in [-0.39, 0.29) is 5.92 Å². The number of carbonyl (C=O) groups is 2. The summed E-state index contributed by atoms with van der Waals surface area (Å²) >= 11 is 0. The maximum absolute atomic E-state index is 11.4. The lowest BCUT2D eigenvalue weighted by atomic mass is 10.1. The number of rotatable bonds is 8. The van der Waals surface area contributed by atoms with Crippen molar-refractivity contribution in [2.24, 2.45) is 5.92 Å². The molecule has 1 aromatic carbocycles. The summed E-state index contributed by atoms with van der Waals surface area (Å²) < 4.78 is 9.91. The van der Waals surface area contributed by atoms with Crippen LogP contribution >= 0.6 is 0 Å². The van der Waals surface area contributed by atoms with E-state index in [0.29, 0.717) is 13.2 Å². The summed E-state index contributed by atoms with van der Waals surface area (Å²) in [5.41, 5.74) is 1.21. The highest BCUT2D eigenvalue weighted by molar-refractivity contribution is 5.91. The van der Waals surface area contributed by atoms with E-state index < -0.39 is 11.9 Å². The maximum atomic E-state index is 11.4. The number of ether oxygens (including phenoxy) is 2. The van der Waals surface area contributed by atoms with Crippen LogP contribution in [0, 0.1) is 5.92 Å². The molecule has 21 heavy (non-hydrogen) atoms. The minimum atomic E-state index is -0.524. The molecule has 0 saturated heterocycles. The zero-order valence-corrected chi connectivity index (χ0v) is 12.6. The zero-order valence-electron chi connectivity index (χ0n) is 12.6. The molecule has 0 aliphatic carbocycles. The quantitative estimate of drug-likeness (QED) is 0.419. The highest BCUT2D eigenvalue weighted by Gasteiger charge is 2.02. The summed E-state index contributed by atoms with van der Waals surface area (Å²) in [7, 11) is 0. The van der Waals surface area contributed by atoms with E-state index in [4.69, 9.17) is 9.47 Å². The molecular formula is C17H22O4. The van der Waals surface area contributed by atoms with Gasteiger partial charge in [0.15, 0.2) is 0 Å². The lowest BCUT2D eigenvalue weighted by Crippen LogP contribution is -2.09. The van der Waals surface area contributed by atoms with Gasteiger partial charge in [0.2, 0.25) is 0 Å². The summed E-state index contributed by atoms with van der Waals surface area (Å²) in [5, 5.41) is 0. The van der Waals surface area contributed by atoms with Crippen LogP contribution in [0.2, 0.25) is 0 Å². The second kappa shape index (κ2) is 9.75. The average molecular weight is 290 g/mol. The standard InChI is InChI=1S/C17H22O4/c1-14(2)13-21-17(19)11-10-16(18)20-12-6-9-15-7-4-3-5-8-15/h3-5,7-8,10-11,14H,6,9,12-13H2,1-2H3/b11-10+. The van der Waals surface area contributed by atoms with Gasteiger partial charge in [0, 0.05) is 12.2 Å². The van der Waals surface area contributed by atoms with Gasteiger partial charge in [-0.05, 0) is 24.3 Å². The molecule has 0 spiro atoms. The van der Waals surface area contributed by atoms with Gasteiger partial charge in [0.25, 0.3) is 0 Å². The predicted molar refractivity (Wildman–Crippen MR) is 80.7 cm³/mol. The molecule has 114 valence electrons. The molecule has 0 aromatic heterocycles. The zero-order chi connectivity index (χ0) is 15.5. The van der Waals surface area contributed by atoms with Crippen molar-refractivity contribution in [3.63, 3.8) is 0 Å². The third-order valence-corrected chi connectivity index (χ3v) is 2.61. The fourth-order valence-corrected chi connectivity index (χ4v) is 1.57. The van der Waals surface area contributed by atoms with E-state index in [9.17, 15) is 9.59 Å². The van der Waals surface area contributed by atoms with Crippen LogP contribution in [-0.4, -0.2) is 25.2 Å². The van der Waals surface area contributed by atoms with Crippen LogP contribution in [-0.2, 0) is 25.5 Å². The largest absolute Gasteiger partial charge is 0.463 e. The van der Waals surface area contributed by atoms with Crippen molar-refractivity contribution in [2.45, 2.75) is 26.7 Å². The molecule has 0 radical (unpaired) electrons. The van der Waals surface area contributed by atoms with E-state index >= 15 is 0 Å². The van der Waals surface area contributed by atoms with E-state index in [1.807, 2.05) is 44.2 Å². The predicted octanol–water partition coefficient (Wildman–Crippen LogP) is 2.92. The second-order valence-electron chi connectivity index (χ2n) is 5.11. The summed E-state index contributed by atoms with van der Waals surface area (Å²) in [6.07, 6.45) is 3.81. The number of hydrogen-bond donors (Lipinski definition) is 0. The molecule has 0 aliphatic rings. The highest BCUT2D eigenvalue weighted by Crippen LogP contribution is 2.02. The molecule has 0 amide bonds. The van der Waals surface area contributed by atoms with Gasteiger partial charge in [-0.15, -0.1) is 0 Å². The number of aryl methyl sites for hydroxylation is 1. The van der Waals surface area contributed by atoms with Gasteiger partial charge in [-0.25, -0.2) is 9.59 Å². The first kappa shape index (κ1) is 17.0. The second-order valence-corrected chi connectivity index (χ2v) is 5.11.